The molecule has 0 aromatic carbocycles. The lowest BCUT2D eigenvalue weighted by molar-refractivity contribution is -0.139. The SMILES string of the molecule is Nc1nc(NCC2CCCCC2)nn1-c1ncc(F)c(N2CCC[C@@H]2C(=O)NCC(F)(F)F)n1. The van der Waals surface area contributed by atoms with E-state index in [0.29, 0.717) is 24.8 Å². The molecule has 186 valence electrons. The van der Waals surface area contributed by atoms with Crippen LogP contribution in [-0.4, -0.2) is 62.5 Å². The largest absolute Gasteiger partial charge is 0.405 e. The summed E-state index contributed by atoms with van der Waals surface area (Å²) in [5.41, 5.74) is 5.97. The Morgan fingerprint density at radius 3 is 2.65 bits per heavy atom. The van der Waals surface area contributed by atoms with E-state index in [1.807, 2.05) is 5.32 Å². The van der Waals surface area contributed by atoms with E-state index in [-0.39, 0.29) is 30.7 Å². The topological polar surface area (TPSA) is 127 Å². The summed E-state index contributed by atoms with van der Waals surface area (Å²) in [4.78, 5) is 25.9. The van der Waals surface area contributed by atoms with Crippen molar-refractivity contribution in [3.05, 3.63) is 12.0 Å². The minimum absolute atomic E-state index is 0.00963. The predicted molar refractivity (Wildman–Crippen MR) is 116 cm³/mol. The van der Waals surface area contributed by atoms with Crippen molar-refractivity contribution in [2.45, 2.75) is 57.2 Å². The van der Waals surface area contributed by atoms with E-state index in [4.69, 9.17) is 5.73 Å². The Hall–Kier alpha value is -3.19. The number of aromatic nitrogens is 5. The fourth-order valence-corrected chi connectivity index (χ4v) is 4.42. The molecular formula is C20H27F4N9O. The molecule has 1 saturated carbocycles. The van der Waals surface area contributed by atoms with Crippen molar-refractivity contribution in [1.29, 1.82) is 0 Å². The number of halogens is 4. The Labute approximate surface area is 193 Å². The van der Waals surface area contributed by atoms with E-state index in [2.05, 4.69) is 25.4 Å². The molecule has 0 unspecified atom stereocenters. The molecule has 3 heterocycles. The fraction of sp³-hybridized carbons (Fsp3) is 0.650. The Balaban J connectivity index is 1.49. The lowest BCUT2D eigenvalue weighted by atomic mass is 9.89. The Bertz CT molecular complexity index is 1010. The van der Waals surface area contributed by atoms with Crippen LogP contribution < -0.4 is 21.3 Å². The molecule has 1 aliphatic heterocycles. The first kappa shape index (κ1) is 24.0. The minimum Gasteiger partial charge on any atom is -0.368 e. The monoisotopic (exact) mass is 485 g/mol. The first-order valence-corrected chi connectivity index (χ1v) is 11.3. The van der Waals surface area contributed by atoms with Gasteiger partial charge in [0.2, 0.25) is 17.8 Å². The maximum Gasteiger partial charge on any atom is 0.405 e. The summed E-state index contributed by atoms with van der Waals surface area (Å²) in [6.07, 6.45) is 3.07. The van der Waals surface area contributed by atoms with Gasteiger partial charge in [0.1, 0.15) is 12.6 Å². The maximum atomic E-state index is 14.6. The molecule has 4 rings (SSSR count). The number of hydrogen-bond donors (Lipinski definition) is 3. The Morgan fingerprint density at radius 2 is 1.91 bits per heavy atom. The number of nitrogens with two attached hydrogens (primary N) is 1. The summed E-state index contributed by atoms with van der Waals surface area (Å²) in [5.74, 6) is -1.11. The molecule has 0 bridgehead atoms. The molecule has 4 N–H and O–H groups in total. The van der Waals surface area contributed by atoms with Crippen LogP contribution in [0.1, 0.15) is 44.9 Å². The van der Waals surface area contributed by atoms with E-state index >= 15 is 0 Å². The molecule has 10 nitrogen and oxygen atoms in total. The summed E-state index contributed by atoms with van der Waals surface area (Å²) in [6.45, 7) is -0.500. The van der Waals surface area contributed by atoms with E-state index in [0.717, 1.165) is 23.7 Å². The van der Waals surface area contributed by atoms with Crippen LogP contribution in [0.4, 0.5) is 35.3 Å². The van der Waals surface area contributed by atoms with Crippen LogP contribution in [0.3, 0.4) is 0 Å². The van der Waals surface area contributed by atoms with Gasteiger partial charge in [0.05, 0.1) is 6.20 Å². The summed E-state index contributed by atoms with van der Waals surface area (Å²) in [5, 5.41) is 9.29. The molecule has 2 aromatic heterocycles. The highest BCUT2D eigenvalue weighted by molar-refractivity contribution is 5.85. The highest BCUT2D eigenvalue weighted by Gasteiger charge is 2.36. The zero-order valence-corrected chi connectivity index (χ0v) is 18.5. The standard InChI is InChI=1S/C20H27F4N9O/c21-13-10-27-19(33-17(25)30-18(31-33)26-9-12-5-2-1-3-6-12)29-15(13)32-8-4-7-14(32)16(34)28-11-20(22,23)24/h10,12,14H,1-9,11H2,(H,28,34)(H3,25,26,30,31)/t14-/m1/s1. The van der Waals surface area contributed by atoms with Gasteiger partial charge in [-0.25, -0.2) is 9.37 Å². The van der Waals surface area contributed by atoms with Gasteiger partial charge in [-0.2, -0.15) is 27.8 Å². The second-order valence-electron chi connectivity index (χ2n) is 8.62. The number of carbonyl (C=O) groups excluding carboxylic acids is 1. The highest BCUT2D eigenvalue weighted by atomic mass is 19.4. The third kappa shape index (κ3) is 5.65. The van der Waals surface area contributed by atoms with Crippen molar-refractivity contribution in [3.8, 4) is 5.95 Å². The third-order valence-corrected chi connectivity index (χ3v) is 6.10. The molecule has 2 aromatic rings. The van der Waals surface area contributed by atoms with Crippen molar-refractivity contribution < 1.29 is 22.4 Å². The summed E-state index contributed by atoms with van der Waals surface area (Å²) >= 11 is 0. The lowest BCUT2D eigenvalue weighted by Crippen LogP contribution is -2.46. The number of alkyl halides is 3. The van der Waals surface area contributed by atoms with Gasteiger partial charge in [-0.15, -0.1) is 5.10 Å². The smallest absolute Gasteiger partial charge is 0.368 e. The number of amides is 1. The number of carbonyl (C=O) groups is 1. The van der Waals surface area contributed by atoms with Crippen molar-refractivity contribution >= 4 is 23.6 Å². The van der Waals surface area contributed by atoms with Gasteiger partial charge in [-0.1, -0.05) is 19.3 Å². The second kappa shape index (κ2) is 9.97. The van der Waals surface area contributed by atoms with Gasteiger partial charge in [-0.3, -0.25) is 4.79 Å². The zero-order valence-electron chi connectivity index (χ0n) is 18.5. The van der Waals surface area contributed by atoms with Gasteiger partial charge >= 0.3 is 6.18 Å². The molecule has 1 atom stereocenters. The van der Waals surface area contributed by atoms with Crippen LogP contribution in [0.5, 0.6) is 0 Å². The molecule has 34 heavy (non-hydrogen) atoms. The van der Waals surface area contributed by atoms with Crippen LogP contribution in [0.15, 0.2) is 6.20 Å². The summed E-state index contributed by atoms with van der Waals surface area (Å²) < 4.78 is 53.2. The van der Waals surface area contributed by atoms with Crippen LogP contribution >= 0.6 is 0 Å². The quantitative estimate of drug-likeness (QED) is 0.511. The number of anilines is 3. The van der Waals surface area contributed by atoms with Crippen molar-refractivity contribution in [1.82, 2.24) is 30.0 Å². The van der Waals surface area contributed by atoms with Crippen LogP contribution in [-0.2, 0) is 4.79 Å². The zero-order chi connectivity index (χ0) is 24.3. The number of nitrogens with zero attached hydrogens (tertiary/aromatic N) is 6. The van der Waals surface area contributed by atoms with Gasteiger partial charge in [-0.05, 0) is 31.6 Å². The van der Waals surface area contributed by atoms with Gasteiger partial charge in [0.15, 0.2) is 11.6 Å². The second-order valence-corrected chi connectivity index (χ2v) is 8.62. The fourth-order valence-electron chi connectivity index (χ4n) is 4.42. The van der Waals surface area contributed by atoms with Crippen molar-refractivity contribution in [2.75, 3.05) is 35.6 Å². The molecule has 1 saturated heterocycles. The molecule has 1 aliphatic carbocycles. The first-order chi connectivity index (χ1) is 16.2. The van der Waals surface area contributed by atoms with Crippen molar-refractivity contribution in [2.24, 2.45) is 5.92 Å². The van der Waals surface area contributed by atoms with Gasteiger partial charge in [0, 0.05) is 13.1 Å². The van der Waals surface area contributed by atoms with Crippen LogP contribution in [0.25, 0.3) is 5.95 Å². The van der Waals surface area contributed by atoms with Gasteiger partial charge < -0.3 is 21.3 Å². The van der Waals surface area contributed by atoms with E-state index < -0.39 is 30.5 Å². The molecular weight excluding hydrogens is 458 g/mol. The summed E-state index contributed by atoms with van der Waals surface area (Å²) in [7, 11) is 0. The van der Waals surface area contributed by atoms with Crippen molar-refractivity contribution in [3.63, 3.8) is 0 Å². The molecule has 14 heteroatoms. The van der Waals surface area contributed by atoms with Crippen LogP contribution in [0.2, 0.25) is 0 Å². The van der Waals surface area contributed by atoms with Crippen LogP contribution in [0, 0.1) is 11.7 Å². The molecule has 0 radical (unpaired) electrons. The number of hydrogen-bond acceptors (Lipinski definition) is 8. The number of rotatable bonds is 7. The third-order valence-electron chi connectivity index (χ3n) is 6.10. The molecule has 2 aliphatic rings. The maximum absolute atomic E-state index is 14.6. The van der Waals surface area contributed by atoms with E-state index in [9.17, 15) is 22.4 Å². The lowest BCUT2D eigenvalue weighted by Gasteiger charge is -2.25. The number of nitrogens with one attached hydrogen (secondary N) is 2. The first-order valence-electron chi connectivity index (χ1n) is 11.3. The van der Waals surface area contributed by atoms with E-state index in [1.54, 1.807) is 0 Å². The average molecular weight is 485 g/mol. The molecule has 0 spiro atoms. The molecule has 2 fully saturated rings. The Morgan fingerprint density at radius 1 is 1.15 bits per heavy atom. The molecule has 1 amide bonds. The summed E-state index contributed by atoms with van der Waals surface area (Å²) in [6, 6.07) is -0.986. The van der Waals surface area contributed by atoms with E-state index in [1.165, 1.54) is 24.2 Å². The minimum atomic E-state index is -4.54. The predicted octanol–water partition coefficient (Wildman–Crippen LogP) is 2.42. The average Bonchev–Trinajstić information content (AvgIpc) is 3.43. The Kier molecular flexibility index (Phi) is 7.03. The highest BCUT2D eigenvalue weighted by Crippen LogP contribution is 2.28. The number of nitrogen functional groups attached to an aromatic ring is 1. The van der Waals surface area contributed by atoms with Gasteiger partial charge in [0.25, 0.3) is 5.95 Å². The normalized spacial score (nSPS) is 19.4.